The summed E-state index contributed by atoms with van der Waals surface area (Å²) >= 11 is 0. The standard InChI is InChI=1S/C25H27N3O5/c1-27-22-19(24(30)28(25(27)31)13-8-14-29)16-18(15-17-9-4-3-5-10-17)23(26-22)33-21-12-7-6-11-20(21)32-2/h3-7,9-12,18,29H,8,13-16H2,1-2H3. The maximum Gasteiger partial charge on any atom is 0.332 e. The van der Waals surface area contributed by atoms with Crippen LogP contribution in [0, 0.1) is 5.92 Å². The molecule has 0 bridgehead atoms. The van der Waals surface area contributed by atoms with E-state index < -0.39 is 5.69 Å². The molecule has 8 heteroatoms. The number of ether oxygens (including phenoxy) is 2. The molecular formula is C25H27N3O5. The van der Waals surface area contributed by atoms with E-state index >= 15 is 0 Å². The first-order valence-electron chi connectivity index (χ1n) is 10.9. The monoisotopic (exact) mass is 449 g/mol. The summed E-state index contributed by atoms with van der Waals surface area (Å²) in [4.78, 5) is 30.7. The van der Waals surface area contributed by atoms with Gasteiger partial charge in [-0.05, 0) is 37.0 Å². The molecule has 33 heavy (non-hydrogen) atoms. The van der Waals surface area contributed by atoms with Crippen LogP contribution in [0.4, 0.5) is 5.82 Å². The number of aliphatic imine (C=N–C) groups is 1. The minimum atomic E-state index is -0.464. The third-order valence-corrected chi connectivity index (χ3v) is 5.77. The predicted molar refractivity (Wildman–Crippen MR) is 126 cm³/mol. The molecule has 8 nitrogen and oxygen atoms in total. The first kappa shape index (κ1) is 22.5. The molecule has 1 aliphatic heterocycles. The van der Waals surface area contributed by atoms with Crippen LogP contribution in [0.5, 0.6) is 11.5 Å². The second kappa shape index (κ2) is 9.87. The normalized spacial score (nSPS) is 15.0. The zero-order chi connectivity index (χ0) is 23.4. The van der Waals surface area contributed by atoms with Gasteiger partial charge >= 0.3 is 5.69 Å². The number of methoxy groups -OCH3 is 1. The van der Waals surface area contributed by atoms with Crippen molar-refractivity contribution in [3.63, 3.8) is 0 Å². The molecular weight excluding hydrogens is 422 g/mol. The molecule has 0 spiro atoms. The summed E-state index contributed by atoms with van der Waals surface area (Å²) in [5, 5.41) is 9.17. The Labute approximate surface area is 191 Å². The highest BCUT2D eigenvalue weighted by Gasteiger charge is 2.31. The van der Waals surface area contributed by atoms with E-state index in [2.05, 4.69) is 4.99 Å². The number of hydrogen-bond donors (Lipinski definition) is 1. The van der Waals surface area contributed by atoms with Crippen molar-refractivity contribution < 1.29 is 14.6 Å². The lowest BCUT2D eigenvalue weighted by molar-refractivity contribution is 0.277. The molecule has 0 aliphatic carbocycles. The van der Waals surface area contributed by atoms with Gasteiger partial charge in [0.1, 0.15) is 5.82 Å². The number of aliphatic hydroxyl groups is 1. The minimum Gasteiger partial charge on any atom is -0.493 e. The summed E-state index contributed by atoms with van der Waals surface area (Å²) in [5.41, 5.74) is 0.741. The van der Waals surface area contributed by atoms with Crippen molar-refractivity contribution in [3.05, 3.63) is 86.6 Å². The van der Waals surface area contributed by atoms with Gasteiger partial charge in [-0.3, -0.25) is 13.9 Å². The van der Waals surface area contributed by atoms with Gasteiger partial charge in [-0.15, -0.1) is 0 Å². The largest absolute Gasteiger partial charge is 0.493 e. The molecule has 2 heterocycles. The predicted octanol–water partition coefficient (Wildman–Crippen LogP) is 2.46. The van der Waals surface area contributed by atoms with Crippen LogP contribution in [-0.2, 0) is 26.4 Å². The van der Waals surface area contributed by atoms with Crippen LogP contribution in [0.25, 0.3) is 0 Å². The number of aliphatic hydroxyl groups excluding tert-OH is 1. The third kappa shape index (κ3) is 4.61. The van der Waals surface area contributed by atoms with Gasteiger partial charge < -0.3 is 14.6 Å². The molecule has 1 unspecified atom stereocenters. The van der Waals surface area contributed by atoms with Crippen molar-refractivity contribution in [2.24, 2.45) is 18.0 Å². The van der Waals surface area contributed by atoms with Crippen LogP contribution >= 0.6 is 0 Å². The first-order chi connectivity index (χ1) is 16.0. The van der Waals surface area contributed by atoms with E-state index in [4.69, 9.17) is 14.6 Å². The van der Waals surface area contributed by atoms with E-state index in [-0.39, 0.29) is 24.6 Å². The van der Waals surface area contributed by atoms with Gasteiger partial charge in [-0.25, -0.2) is 4.79 Å². The highest BCUT2D eigenvalue weighted by molar-refractivity contribution is 5.86. The van der Waals surface area contributed by atoms with Crippen molar-refractivity contribution in [2.75, 3.05) is 13.7 Å². The highest BCUT2D eigenvalue weighted by atomic mass is 16.5. The van der Waals surface area contributed by atoms with Crippen molar-refractivity contribution in [2.45, 2.75) is 25.8 Å². The minimum absolute atomic E-state index is 0.0988. The molecule has 1 atom stereocenters. The maximum atomic E-state index is 13.2. The Morgan fingerprint density at radius 3 is 2.45 bits per heavy atom. The van der Waals surface area contributed by atoms with Crippen LogP contribution in [0.2, 0.25) is 0 Å². The van der Waals surface area contributed by atoms with Crippen molar-refractivity contribution >= 4 is 11.7 Å². The van der Waals surface area contributed by atoms with Gasteiger partial charge in [0.25, 0.3) is 5.56 Å². The SMILES string of the molecule is COc1ccccc1OC1=Nc2c(c(=O)n(CCCO)c(=O)n2C)CC1Cc1ccccc1. The summed E-state index contributed by atoms with van der Waals surface area (Å²) in [6.45, 7) is 0.0608. The third-order valence-electron chi connectivity index (χ3n) is 5.77. The molecule has 172 valence electrons. The number of para-hydroxylation sites is 2. The number of benzene rings is 2. The summed E-state index contributed by atoms with van der Waals surface area (Å²) in [6.07, 6.45) is 1.32. The lowest BCUT2D eigenvalue weighted by atomic mass is 9.91. The number of rotatable bonds is 7. The van der Waals surface area contributed by atoms with E-state index in [0.717, 1.165) is 5.56 Å². The van der Waals surface area contributed by atoms with Crippen LogP contribution < -0.4 is 20.7 Å². The Hall–Kier alpha value is -3.65. The zero-order valence-electron chi connectivity index (χ0n) is 18.7. The van der Waals surface area contributed by atoms with Crippen LogP contribution in [0.15, 0.2) is 69.2 Å². The van der Waals surface area contributed by atoms with E-state index in [1.165, 1.54) is 9.13 Å². The Balaban J connectivity index is 1.81. The van der Waals surface area contributed by atoms with Crippen LogP contribution in [-0.4, -0.2) is 33.9 Å². The van der Waals surface area contributed by atoms with Crippen molar-refractivity contribution in [3.8, 4) is 11.5 Å². The van der Waals surface area contributed by atoms with Gasteiger partial charge in [0.15, 0.2) is 11.5 Å². The highest BCUT2D eigenvalue weighted by Crippen LogP contribution is 2.32. The second-order valence-corrected chi connectivity index (χ2v) is 7.97. The molecule has 0 saturated heterocycles. The fraction of sp³-hybridized carbons (Fsp3) is 0.320. The van der Waals surface area contributed by atoms with Gasteiger partial charge in [0.05, 0.1) is 12.7 Å². The first-order valence-corrected chi connectivity index (χ1v) is 10.9. The molecule has 1 aliphatic rings. The fourth-order valence-electron chi connectivity index (χ4n) is 4.08. The van der Waals surface area contributed by atoms with Crippen LogP contribution in [0.1, 0.15) is 17.5 Å². The molecule has 0 amide bonds. The average molecular weight is 450 g/mol. The molecule has 0 saturated carbocycles. The van der Waals surface area contributed by atoms with E-state index in [1.807, 2.05) is 42.5 Å². The molecule has 0 radical (unpaired) electrons. The number of aromatic nitrogens is 2. The quantitative estimate of drug-likeness (QED) is 0.598. The van der Waals surface area contributed by atoms with Gasteiger partial charge in [0, 0.05) is 26.1 Å². The number of hydrogen-bond acceptors (Lipinski definition) is 6. The Morgan fingerprint density at radius 2 is 1.76 bits per heavy atom. The summed E-state index contributed by atoms with van der Waals surface area (Å²) in [6, 6.07) is 17.2. The molecule has 4 rings (SSSR count). The van der Waals surface area contributed by atoms with Gasteiger partial charge in [-0.1, -0.05) is 42.5 Å². The molecule has 3 aromatic rings. The lowest BCUT2D eigenvalue weighted by Crippen LogP contribution is -2.43. The smallest absolute Gasteiger partial charge is 0.332 e. The Morgan fingerprint density at radius 1 is 1.06 bits per heavy atom. The van der Waals surface area contributed by atoms with E-state index in [0.29, 0.717) is 48.0 Å². The Kier molecular flexibility index (Phi) is 6.74. The van der Waals surface area contributed by atoms with E-state index in [1.54, 1.807) is 26.3 Å². The Bertz CT molecular complexity index is 1280. The number of fused-ring (bicyclic) bond motifs is 1. The summed E-state index contributed by atoms with van der Waals surface area (Å²) in [7, 11) is 3.16. The van der Waals surface area contributed by atoms with Crippen molar-refractivity contribution in [1.82, 2.24) is 9.13 Å². The fourth-order valence-corrected chi connectivity index (χ4v) is 4.08. The molecule has 2 aromatic carbocycles. The maximum absolute atomic E-state index is 13.2. The molecule has 1 N–H and O–H groups in total. The van der Waals surface area contributed by atoms with Crippen molar-refractivity contribution in [1.29, 1.82) is 0 Å². The van der Waals surface area contributed by atoms with Gasteiger partial charge in [0.2, 0.25) is 5.90 Å². The number of nitrogens with zero attached hydrogens (tertiary/aromatic N) is 3. The zero-order valence-corrected chi connectivity index (χ0v) is 18.7. The summed E-state index contributed by atoms with van der Waals surface area (Å²) in [5.74, 6) is 1.61. The lowest BCUT2D eigenvalue weighted by Gasteiger charge is -2.26. The van der Waals surface area contributed by atoms with Crippen LogP contribution in [0.3, 0.4) is 0 Å². The average Bonchev–Trinajstić information content (AvgIpc) is 2.84. The topological polar surface area (TPSA) is 95.1 Å². The summed E-state index contributed by atoms with van der Waals surface area (Å²) < 4.78 is 14.2. The van der Waals surface area contributed by atoms with E-state index in [9.17, 15) is 9.59 Å². The molecule has 0 fully saturated rings. The molecule has 1 aromatic heterocycles. The second-order valence-electron chi connectivity index (χ2n) is 7.97. The van der Waals surface area contributed by atoms with Gasteiger partial charge in [-0.2, -0.15) is 4.99 Å².